The highest BCUT2D eigenvalue weighted by Gasteiger charge is 2.24. The number of thioether (sulfide) groups is 1. The van der Waals surface area contributed by atoms with Crippen LogP contribution in [0.5, 0.6) is 5.75 Å². The predicted molar refractivity (Wildman–Crippen MR) is 105 cm³/mol. The van der Waals surface area contributed by atoms with Crippen molar-refractivity contribution in [1.29, 1.82) is 0 Å². The van der Waals surface area contributed by atoms with Crippen LogP contribution in [0.25, 0.3) is 0 Å². The van der Waals surface area contributed by atoms with Crippen molar-refractivity contribution in [2.24, 2.45) is 4.99 Å². The normalized spacial score (nSPS) is 21.1. The number of rotatable bonds is 7. The minimum absolute atomic E-state index is 0.204. The molecule has 0 bridgehead atoms. The van der Waals surface area contributed by atoms with Gasteiger partial charge in [0.15, 0.2) is 5.96 Å². The Labute approximate surface area is 150 Å². The number of benzene rings is 1. The monoisotopic (exact) mass is 349 g/mol. The van der Waals surface area contributed by atoms with E-state index in [1.165, 1.54) is 24.8 Å². The van der Waals surface area contributed by atoms with Gasteiger partial charge in [0.25, 0.3) is 0 Å². The SMILES string of the molecule is CCNC(=NCc1ccc(OC(C)C)cc1)NC1CCC(SC)C1. The molecule has 0 spiro atoms. The summed E-state index contributed by atoms with van der Waals surface area (Å²) in [7, 11) is 0. The van der Waals surface area contributed by atoms with Gasteiger partial charge in [0.2, 0.25) is 0 Å². The Morgan fingerprint density at radius 3 is 2.62 bits per heavy atom. The van der Waals surface area contributed by atoms with Crippen LogP contribution in [-0.4, -0.2) is 36.2 Å². The molecule has 0 saturated heterocycles. The molecule has 2 atom stereocenters. The smallest absolute Gasteiger partial charge is 0.191 e. The van der Waals surface area contributed by atoms with E-state index >= 15 is 0 Å². The predicted octanol–water partition coefficient (Wildman–Crippen LogP) is 3.81. The largest absolute Gasteiger partial charge is 0.491 e. The molecule has 1 aliphatic carbocycles. The molecular formula is C19H31N3OS. The van der Waals surface area contributed by atoms with E-state index in [0.717, 1.165) is 23.5 Å². The van der Waals surface area contributed by atoms with Gasteiger partial charge in [0.05, 0.1) is 12.6 Å². The molecule has 5 heteroatoms. The minimum Gasteiger partial charge on any atom is -0.491 e. The molecule has 0 heterocycles. The lowest BCUT2D eigenvalue weighted by Gasteiger charge is -2.17. The first-order valence-electron chi connectivity index (χ1n) is 8.94. The van der Waals surface area contributed by atoms with Crippen LogP contribution < -0.4 is 15.4 Å². The highest BCUT2D eigenvalue weighted by atomic mass is 32.2. The van der Waals surface area contributed by atoms with Gasteiger partial charge in [0.1, 0.15) is 5.75 Å². The van der Waals surface area contributed by atoms with Crippen molar-refractivity contribution < 1.29 is 4.74 Å². The fourth-order valence-corrected chi connectivity index (χ4v) is 3.71. The number of nitrogens with one attached hydrogen (secondary N) is 2. The summed E-state index contributed by atoms with van der Waals surface area (Å²) >= 11 is 1.98. The number of ether oxygens (including phenoxy) is 1. The van der Waals surface area contributed by atoms with E-state index in [1.807, 2.05) is 37.7 Å². The van der Waals surface area contributed by atoms with Crippen molar-refractivity contribution >= 4 is 17.7 Å². The average Bonchev–Trinajstić information content (AvgIpc) is 3.01. The number of hydrogen-bond acceptors (Lipinski definition) is 3. The summed E-state index contributed by atoms with van der Waals surface area (Å²) in [5, 5.41) is 7.74. The zero-order valence-electron chi connectivity index (χ0n) is 15.3. The molecular weight excluding hydrogens is 318 g/mol. The molecule has 2 unspecified atom stereocenters. The van der Waals surface area contributed by atoms with Crippen LogP contribution in [-0.2, 0) is 6.54 Å². The highest BCUT2D eigenvalue weighted by molar-refractivity contribution is 7.99. The molecule has 1 aromatic carbocycles. The Morgan fingerprint density at radius 2 is 2.04 bits per heavy atom. The standard InChI is InChI=1S/C19H31N3OS/c1-5-20-19(22-16-8-11-18(12-16)24-4)21-13-15-6-9-17(10-7-15)23-14(2)3/h6-7,9-10,14,16,18H,5,8,11-13H2,1-4H3,(H2,20,21,22). The van der Waals surface area contributed by atoms with Gasteiger partial charge in [-0.25, -0.2) is 4.99 Å². The van der Waals surface area contributed by atoms with Crippen molar-refractivity contribution in [3.05, 3.63) is 29.8 Å². The number of aliphatic imine (C=N–C) groups is 1. The van der Waals surface area contributed by atoms with E-state index in [9.17, 15) is 0 Å². The van der Waals surface area contributed by atoms with Crippen molar-refractivity contribution in [3.8, 4) is 5.75 Å². The van der Waals surface area contributed by atoms with Gasteiger partial charge in [-0.1, -0.05) is 12.1 Å². The van der Waals surface area contributed by atoms with Crippen LogP contribution in [0.2, 0.25) is 0 Å². The second-order valence-electron chi connectivity index (χ2n) is 6.52. The lowest BCUT2D eigenvalue weighted by atomic mass is 10.2. The zero-order valence-corrected chi connectivity index (χ0v) is 16.2. The number of guanidine groups is 1. The van der Waals surface area contributed by atoms with Gasteiger partial charge in [-0.15, -0.1) is 0 Å². The average molecular weight is 350 g/mol. The first kappa shape index (κ1) is 19.0. The molecule has 1 fully saturated rings. The van der Waals surface area contributed by atoms with E-state index in [-0.39, 0.29) is 6.10 Å². The minimum atomic E-state index is 0.204. The van der Waals surface area contributed by atoms with Crippen molar-refractivity contribution in [2.45, 2.75) is 64.0 Å². The van der Waals surface area contributed by atoms with Gasteiger partial charge in [-0.05, 0) is 64.0 Å². The van der Waals surface area contributed by atoms with Crippen molar-refractivity contribution in [1.82, 2.24) is 10.6 Å². The lowest BCUT2D eigenvalue weighted by Crippen LogP contribution is -2.42. The fourth-order valence-electron chi connectivity index (χ4n) is 2.91. The van der Waals surface area contributed by atoms with Crippen molar-refractivity contribution in [2.75, 3.05) is 12.8 Å². The van der Waals surface area contributed by atoms with E-state index in [4.69, 9.17) is 9.73 Å². The third-order valence-corrected chi connectivity index (χ3v) is 5.21. The second kappa shape index (κ2) is 9.82. The van der Waals surface area contributed by atoms with Crippen LogP contribution in [0.4, 0.5) is 0 Å². The summed E-state index contributed by atoms with van der Waals surface area (Å²) in [6.45, 7) is 7.74. The van der Waals surface area contributed by atoms with E-state index < -0.39 is 0 Å². The topological polar surface area (TPSA) is 45.7 Å². The lowest BCUT2D eigenvalue weighted by molar-refractivity contribution is 0.242. The van der Waals surface area contributed by atoms with Gasteiger partial charge >= 0.3 is 0 Å². The molecule has 24 heavy (non-hydrogen) atoms. The second-order valence-corrected chi connectivity index (χ2v) is 7.66. The van der Waals surface area contributed by atoms with Crippen LogP contribution >= 0.6 is 11.8 Å². The molecule has 0 aromatic heterocycles. The third-order valence-electron chi connectivity index (χ3n) is 4.12. The van der Waals surface area contributed by atoms with Crippen LogP contribution in [0.1, 0.15) is 45.6 Å². The van der Waals surface area contributed by atoms with Crippen LogP contribution in [0.15, 0.2) is 29.3 Å². The first-order valence-corrected chi connectivity index (χ1v) is 10.2. The molecule has 0 aliphatic heterocycles. The molecule has 134 valence electrons. The van der Waals surface area contributed by atoms with Crippen LogP contribution in [0, 0.1) is 0 Å². The molecule has 0 amide bonds. The molecule has 1 saturated carbocycles. The van der Waals surface area contributed by atoms with Crippen molar-refractivity contribution in [3.63, 3.8) is 0 Å². The maximum atomic E-state index is 5.68. The Kier molecular flexibility index (Phi) is 7.76. The van der Waals surface area contributed by atoms with E-state index in [2.05, 4.69) is 35.9 Å². The Morgan fingerprint density at radius 1 is 1.29 bits per heavy atom. The summed E-state index contributed by atoms with van der Waals surface area (Å²) in [5.74, 6) is 1.84. The Hall–Kier alpha value is -1.36. The zero-order chi connectivity index (χ0) is 17.4. The molecule has 1 aliphatic rings. The maximum absolute atomic E-state index is 5.68. The Bertz CT molecular complexity index is 516. The van der Waals surface area contributed by atoms with E-state index in [0.29, 0.717) is 12.6 Å². The molecule has 4 nitrogen and oxygen atoms in total. The maximum Gasteiger partial charge on any atom is 0.191 e. The summed E-state index contributed by atoms with van der Waals surface area (Å²) in [5.41, 5.74) is 1.19. The van der Waals surface area contributed by atoms with Gasteiger partial charge in [-0.3, -0.25) is 0 Å². The molecule has 2 N–H and O–H groups in total. The highest BCUT2D eigenvalue weighted by Crippen LogP contribution is 2.28. The van der Waals surface area contributed by atoms with E-state index in [1.54, 1.807) is 0 Å². The molecule has 1 aromatic rings. The van der Waals surface area contributed by atoms with Gasteiger partial charge in [0, 0.05) is 17.8 Å². The Balaban J connectivity index is 1.90. The summed E-state index contributed by atoms with van der Waals surface area (Å²) in [4.78, 5) is 4.74. The summed E-state index contributed by atoms with van der Waals surface area (Å²) in [6, 6.07) is 8.76. The van der Waals surface area contributed by atoms with Gasteiger partial charge in [-0.2, -0.15) is 11.8 Å². The number of hydrogen-bond donors (Lipinski definition) is 2. The first-order chi connectivity index (χ1) is 11.6. The molecule has 0 radical (unpaired) electrons. The number of nitrogens with zero attached hydrogens (tertiary/aromatic N) is 1. The third kappa shape index (κ3) is 6.27. The van der Waals surface area contributed by atoms with Crippen LogP contribution in [0.3, 0.4) is 0 Å². The van der Waals surface area contributed by atoms with Gasteiger partial charge < -0.3 is 15.4 Å². The molecule has 2 rings (SSSR count). The summed E-state index contributed by atoms with van der Waals surface area (Å²) < 4.78 is 5.68. The quantitative estimate of drug-likeness (QED) is 0.580. The summed E-state index contributed by atoms with van der Waals surface area (Å²) in [6.07, 6.45) is 6.17. The fraction of sp³-hybridized carbons (Fsp3) is 0.632.